The molecule has 0 aromatic carbocycles. The van der Waals surface area contributed by atoms with Gasteiger partial charge in [-0.25, -0.2) is 9.59 Å². The smallest absolute Gasteiger partial charge is 0.333 e. The zero-order valence-electron chi connectivity index (χ0n) is 12.8. The van der Waals surface area contributed by atoms with E-state index in [-0.39, 0.29) is 0 Å². The topological polar surface area (TPSA) is 52.6 Å². The number of hydrogen-bond acceptors (Lipinski definition) is 4. The Bertz CT molecular complexity index is 322. The van der Waals surface area contributed by atoms with Crippen LogP contribution < -0.4 is 0 Å². The van der Waals surface area contributed by atoms with Gasteiger partial charge in [0.15, 0.2) is 0 Å². The van der Waals surface area contributed by atoms with Crippen LogP contribution in [0.25, 0.3) is 0 Å². The van der Waals surface area contributed by atoms with Crippen molar-refractivity contribution in [2.24, 2.45) is 5.92 Å². The van der Waals surface area contributed by atoms with Crippen molar-refractivity contribution in [1.29, 1.82) is 0 Å². The molecule has 0 aromatic heterocycles. The van der Waals surface area contributed by atoms with Crippen LogP contribution in [0.2, 0.25) is 0 Å². The zero-order valence-corrected chi connectivity index (χ0v) is 12.8. The second-order valence-corrected chi connectivity index (χ2v) is 5.15. The van der Waals surface area contributed by atoms with E-state index in [1.807, 2.05) is 6.92 Å². The molecule has 0 fully saturated rings. The van der Waals surface area contributed by atoms with Gasteiger partial charge in [-0.3, -0.25) is 0 Å². The number of hydrogen-bond donors (Lipinski definition) is 0. The molecule has 0 aromatic rings. The summed E-state index contributed by atoms with van der Waals surface area (Å²) in [4.78, 5) is 22.9. The van der Waals surface area contributed by atoms with Gasteiger partial charge in [0.05, 0.1) is 0 Å². The predicted octanol–water partition coefficient (Wildman–Crippen LogP) is 3.77. The molecule has 4 nitrogen and oxygen atoms in total. The van der Waals surface area contributed by atoms with Crippen LogP contribution in [-0.4, -0.2) is 17.7 Å². The highest BCUT2D eigenvalue weighted by molar-refractivity contribution is 5.83. The van der Waals surface area contributed by atoms with Crippen molar-refractivity contribution in [2.45, 2.75) is 58.7 Å². The van der Waals surface area contributed by atoms with Gasteiger partial charge in [0, 0.05) is 25.0 Å². The monoisotopic (exact) mass is 282 g/mol. The lowest BCUT2D eigenvalue weighted by atomic mass is 10.0. The largest absolute Gasteiger partial charge is 0.419 e. The average molecular weight is 282 g/mol. The maximum absolute atomic E-state index is 11.4. The molecule has 20 heavy (non-hydrogen) atoms. The summed E-state index contributed by atoms with van der Waals surface area (Å²) in [5, 5.41) is 0. The van der Waals surface area contributed by atoms with E-state index in [2.05, 4.69) is 27.0 Å². The Kier molecular flexibility index (Phi) is 8.61. The third kappa shape index (κ3) is 7.12. The van der Waals surface area contributed by atoms with Gasteiger partial charge in [0.25, 0.3) is 5.79 Å². The SMILES string of the molecule is C=CC(=O)OC(CC)(CCCCC(C)C)OC(=O)C=C. The minimum Gasteiger partial charge on any atom is -0.419 e. The minimum absolute atomic E-state index is 0.397. The predicted molar refractivity (Wildman–Crippen MR) is 78.9 cm³/mol. The molecule has 0 N–H and O–H groups in total. The van der Waals surface area contributed by atoms with E-state index >= 15 is 0 Å². The van der Waals surface area contributed by atoms with Gasteiger partial charge in [0.2, 0.25) is 0 Å². The van der Waals surface area contributed by atoms with E-state index in [9.17, 15) is 9.59 Å². The lowest BCUT2D eigenvalue weighted by molar-refractivity contribution is -0.226. The normalized spacial score (nSPS) is 11.0. The Morgan fingerprint density at radius 2 is 1.60 bits per heavy atom. The quantitative estimate of drug-likeness (QED) is 0.265. The summed E-state index contributed by atoms with van der Waals surface area (Å²) in [6.07, 6.45) is 5.92. The molecule has 0 heterocycles. The van der Waals surface area contributed by atoms with Crippen molar-refractivity contribution in [2.75, 3.05) is 0 Å². The number of carbonyl (C=O) groups excluding carboxylic acids is 2. The van der Waals surface area contributed by atoms with Crippen LogP contribution in [0.4, 0.5) is 0 Å². The maximum Gasteiger partial charge on any atom is 0.333 e. The highest BCUT2D eigenvalue weighted by atomic mass is 16.7. The Labute approximate surface area is 121 Å². The first-order valence-corrected chi connectivity index (χ1v) is 7.10. The molecule has 0 amide bonds. The first-order valence-electron chi connectivity index (χ1n) is 7.10. The third-order valence-corrected chi connectivity index (χ3v) is 3.03. The van der Waals surface area contributed by atoms with Gasteiger partial charge in [-0.2, -0.15) is 0 Å². The summed E-state index contributed by atoms with van der Waals surface area (Å²) >= 11 is 0. The van der Waals surface area contributed by atoms with Crippen molar-refractivity contribution < 1.29 is 19.1 Å². The van der Waals surface area contributed by atoms with Crippen molar-refractivity contribution in [3.8, 4) is 0 Å². The van der Waals surface area contributed by atoms with Crippen molar-refractivity contribution in [1.82, 2.24) is 0 Å². The Hall–Kier alpha value is -1.58. The van der Waals surface area contributed by atoms with Crippen LogP contribution in [0.1, 0.15) is 52.9 Å². The summed E-state index contributed by atoms with van der Waals surface area (Å²) in [5.41, 5.74) is 0. The number of esters is 2. The number of carbonyl (C=O) groups is 2. The van der Waals surface area contributed by atoms with Gasteiger partial charge in [-0.1, -0.05) is 46.8 Å². The van der Waals surface area contributed by atoms with Gasteiger partial charge < -0.3 is 9.47 Å². The fraction of sp³-hybridized carbons (Fsp3) is 0.625. The highest BCUT2D eigenvalue weighted by Crippen LogP contribution is 2.27. The van der Waals surface area contributed by atoms with Crippen LogP contribution in [-0.2, 0) is 19.1 Å². The molecule has 0 saturated carbocycles. The summed E-state index contributed by atoms with van der Waals surface area (Å²) in [7, 11) is 0. The number of unbranched alkanes of at least 4 members (excludes halogenated alkanes) is 1. The van der Waals surface area contributed by atoms with Crippen LogP contribution in [0.5, 0.6) is 0 Å². The lowest BCUT2D eigenvalue weighted by Crippen LogP contribution is -2.39. The minimum atomic E-state index is -1.21. The summed E-state index contributed by atoms with van der Waals surface area (Å²) in [6.45, 7) is 12.9. The zero-order chi connectivity index (χ0) is 15.6. The van der Waals surface area contributed by atoms with Crippen molar-refractivity contribution in [3.63, 3.8) is 0 Å². The first kappa shape index (κ1) is 18.4. The van der Waals surface area contributed by atoms with E-state index < -0.39 is 17.7 Å². The van der Waals surface area contributed by atoms with E-state index in [1.54, 1.807) is 0 Å². The standard InChI is InChI=1S/C16H26O4/c1-6-14(17)19-16(8-3,20-15(18)7-2)12-10-9-11-13(4)5/h6-7,13H,1-2,8-12H2,3-5H3. The van der Waals surface area contributed by atoms with Crippen molar-refractivity contribution >= 4 is 11.9 Å². The van der Waals surface area contributed by atoms with Gasteiger partial charge >= 0.3 is 11.9 Å². The van der Waals surface area contributed by atoms with Crippen LogP contribution >= 0.6 is 0 Å². The first-order chi connectivity index (χ1) is 9.39. The summed E-state index contributed by atoms with van der Waals surface area (Å²) in [6, 6.07) is 0. The molecule has 0 rings (SSSR count). The molecule has 0 atom stereocenters. The second kappa shape index (κ2) is 9.34. The molecule has 0 unspecified atom stereocenters. The lowest BCUT2D eigenvalue weighted by Gasteiger charge is -2.31. The average Bonchev–Trinajstić information content (AvgIpc) is 2.42. The van der Waals surface area contributed by atoms with E-state index in [0.717, 1.165) is 31.4 Å². The van der Waals surface area contributed by atoms with Crippen molar-refractivity contribution in [3.05, 3.63) is 25.3 Å². The highest BCUT2D eigenvalue weighted by Gasteiger charge is 2.35. The number of ether oxygens (including phenoxy) is 2. The second-order valence-electron chi connectivity index (χ2n) is 5.15. The van der Waals surface area contributed by atoms with E-state index in [0.29, 0.717) is 18.8 Å². The Morgan fingerprint density at radius 1 is 1.10 bits per heavy atom. The molecule has 0 saturated heterocycles. The molecular formula is C16H26O4. The van der Waals surface area contributed by atoms with Gasteiger partial charge in [-0.15, -0.1) is 0 Å². The fourth-order valence-corrected chi connectivity index (χ4v) is 1.84. The summed E-state index contributed by atoms with van der Waals surface area (Å²) < 4.78 is 10.5. The Morgan fingerprint density at radius 3 is 1.95 bits per heavy atom. The maximum atomic E-state index is 11.4. The third-order valence-electron chi connectivity index (χ3n) is 3.03. The molecule has 0 radical (unpaired) electrons. The van der Waals surface area contributed by atoms with E-state index in [1.165, 1.54) is 0 Å². The molecule has 114 valence electrons. The molecule has 0 bridgehead atoms. The number of rotatable bonds is 10. The van der Waals surface area contributed by atoms with Gasteiger partial charge in [0.1, 0.15) is 0 Å². The Balaban J connectivity index is 4.72. The fourth-order valence-electron chi connectivity index (χ4n) is 1.84. The van der Waals surface area contributed by atoms with Crippen LogP contribution in [0.3, 0.4) is 0 Å². The van der Waals surface area contributed by atoms with Gasteiger partial charge in [-0.05, 0) is 12.3 Å². The molecular weight excluding hydrogens is 256 g/mol. The molecule has 0 aliphatic carbocycles. The van der Waals surface area contributed by atoms with E-state index in [4.69, 9.17) is 9.47 Å². The molecule has 0 spiro atoms. The summed E-state index contributed by atoms with van der Waals surface area (Å²) in [5.74, 6) is -1.77. The molecule has 0 aliphatic rings. The van der Waals surface area contributed by atoms with Crippen LogP contribution in [0.15, 0.2) is 25.3 Å². The van der Waals surface area contributed by atoms with Crippen LogP contribution in [0, 0.1) is 5.92 Å². The molecule has 4 heteroatoms. The molecule has 0 aliphatic heterocycles.